The normalized spacial score (nSPS) is 11.2. The van der Waals surface area contributed by atoms with E-state index < -0.39 is 5.97 Å². The zero-order valence-electron chi connectivity index (χ0n) is 16.3. The highest BCUT2D eigenvalue weighted by Crippen LogP contribution is 2.31. The highest BCUT2D eigenvalue weighted by molar-refractivity contribution is 6.33. The van der Waals surface area contributed by atoms with Crippen molar-refractivity contribution in [3.05, 3.63) is 40.5 Å². The molecule has 0 aliphatic rings. The number of ether oxygens (including phenoxy) is 1. The van der Waals surface area contributed by atoms with Gasteiger partial charge in [-0.3, -0.25) is 4.79 Å². The van der Waals surface area contributed by atoms with Crippen molar-refractivity contribution in [1.82, 2.24) is 24.8 Å². The Morgan fingerprint density at radius 2 is 2.11 bits per heavy atom. The molecule has 0 N–H and O–H groups in total. The van der Waals surface area contributed by atoms with Gasteiger partial charge in [-0.15, -0.1) is 0 Å². The van der Waals surface area contributed by atoms with Crippen molar-refractivity contribution < 1.29 is 14.1 Å². The van der Waals surface area contributed by atoms with Crippen LogP contribution in [0.25, 0.3) is 23.0 Å². The molecule has 0 aliphatic heterocycles. The highest BCUT2D eigenvalue weighted by Gasteiger charge is 2.23. The number of benzene rings is 1. The monoisotopic (exact) mass is 403 g/mol. The molecule has 9 heteroatoms. The van der Waals surface area contributed by atoms with Crippen LogP contribution in [-0.2, 0) is 16.1 Å². The lowest BCUT2D eigenvalue weighted by molar-refractivity contribution is -0.144. The summed E-state index contributed by atoms with van der Waals surface area (Å²) in [4.78, 5) is 18.5. The Morgan fingerprint density at radius 1 is 1.32 bits per heavy atom. The zero-order valence-corrected chi connectivity index (χ0v) is 17.0. The van der Waals surface area contributed by atoms with Crippen molar-refractivity contribution in [2.75, 3.05) is 27.2 Å². The molecule has 0 radical (unpaired) electrons. The summed E-state index contributed by atoms with van der Waals surface area (Å²) in [5.41, 5.74) is 2.88. The van der Waals surface area contributed by atoms with Crippen LogP contribution >= 0.6 is 11.6 Å². The summed E-state index contributed by atoms with van der Waals surface area (Å²) in [6, 6.07) is 7.77. The molecule has 0 amide bonds. The second-order valence-electron chi connectivity index (χ2n) is 6.72. The highest BCUT2D eigenvalue weighted by atomic mass is 35.5. The van der Waals surface area contributed by atoms with Crippen LogP contribution < -0.4 is 0 Å². The minimum Gasteiger partial charge on any atom is -0.463 e. The summed E-state index contributed by atoms with van der Waals surface area (Å²) >= 11 is 6.39. The Hall–Kier alpha value is -2.71. The quantitative estimate of drug-likeness (QED) is 0.560. The molecule has 1 aromatic carbocycles. The van der Waals surface area contributed by atoms with Crippen molar-refractivity contribution in [3.63, 3.8) is 0 Å². The molecule has 0 fully saturated rings. The number of aromatic nitrogens is 4. The van der Waals surface area contributed by atoms with Gasteiger partial charge in [0, 0.05) is 12.1 Å². The number of likely N-dealkylation sites (N-methyl/N-ethyl adjacent to an activating group) is 1. The van der Waals surface area contributed by atoms with E-state index >= 15 is 0 Å². The number of rotatable bonds is 7. The van der Waals surface area contributed by atoms with Crippen LogP contribution in [0.5, 0.6) is 0 Å². The number of hydrogen-bond donors (Lipinski definition) is 0. The smallest absolute Gasteiger partial charge is 0.327 e. The van der Waals surface area contributed by atoms with Gasteiger partial charge in [-0.05, 0) is 34.0 Å². The maximum Gasteiger partial charge on any atom is 0.327 e. The molecule has 3 aromatic rings. The van der Waals surface area contributed by atoms with Crippen LogP contribution in [0.2, 0.25) is 5.02 Å². The van der Waals surface area contributed by atoms with Gasteiger partial charge in [0.2, 0.25) is 5.82 Å². The molecule has 0 atom stereocenters. The Balaban J connectivity index is 1.84. The number of halogens is 1. The summed E-state index contributed by atoms with van der Waals surface area (Å²) in [6.45, 7) is 4.58. The zero-order chi connectivity index (χ0) is 20.3. The Bertz CT molecular complexity index is 980. The molecule has 0 spiro atoms. The molecule has 2 aromatic heterocycles. The number of carbonyl (C=O) groups excluding carboxylic acids is 1. The van der Waals surface area contributed by atoms with Gasteiger partial charge in [0.05, 0.1) is 10.7 Å². The summed E-state index contributed by atoms with van der Waals surface area (Å²) < 4.78 is 12.1. The molecule has 2 heterocycles. The van der Waals surface area contributed by atoms with Gasteiger partial charge >= 0.3 is 5.97 Å². The number of esters is 1. The number of hydrogen-bond acceptors (Lipinski definition) is 7. The summed E-state index contributed by atoms with van der Waals surface area (Å²) in [7, 11) is 3.81. The van der Waals surface area contributed by atoms with Gasteiger partial charge in [0.15, 0.2) is 0 Å². The fourth-order valence-electron chi connectivity index (χ4n) is 2.61. The lowest BCUT2D eigenvalue weighted by Gasteiger charge is -2.10. The third kappa shape index (κ3) is 4.58. The van der Waals surface area contributed by atoms with Gasteiger partial charge in [0.1, 0.15) is 18.8 Å². The second kappa shape index (κ2) is 8.53. The number of aryl methyl sites for hydroxylation is 2. The first kappa shape index (κ1) is 20.0. The predicted octanol–water partition coefficient (Wildman–Crippen LogP) is 2.98. The summed E-state index contributed by atoms with van der Waals surface area (Å²) in [6.07, 6.45) is 0. The largest absolute Gasteiger partial charge is 0.463 e. The van der Waals surface area contributed by atoms with Crippen LogP contribution in [0.4, 0.5) is 0 Å². The molecule has 0 bridgehead atoms. The molecule has 28 heavy (non-hydrogen) atoms. The maximum absolute atomic E-state index is 12.2. The summed E-state index contributed by atoms with van der Waals surface area (Å²) in [5.74, 6) is 0.220. The first-order valence-electron chi connectivity index (χ1n) is 8.79. The second-order valence-corrected chi connectivity index (χ2v) is 7.10. The molecule has 148 valence electrons. The average molecular weight is 404 g/mol. The molecular weight excluding hydrogens is 382 g/mol. The van der Waals surface area contributed by atoms with Crippen LogP contribution in [0.15, 0.2) is 28.8 Å². The molecule has 0 saturated heterocycles. The fraction of sp³-hybridized carbons (Fsp3) is 0.368. The van der Waals surface area contributed by atoms with Gasteiger partial charge in [-0.1, -0.05) is 40.5 Å². The molecule has 0 aliphatic carbocycles. The lowest BCUT2D eigenvalue weighted by atomic mass is 10.1. The lowest BCUT2D eigenvalue weighted by Crippen LogP contribution is -2.22. The van der Waals surface area contributed by atoms with E-state index in [9.17, 15) is 4.79 Å². The van der Waals surface area contributed by atoms with E-state index in [1.165, 1.54) is 4.68 Å². The number of nitrogens with zero attached hydrogens (tertiary/aromatic N) is 5. The standard InChI is InChI=1S/C19H22ClN5O3/c1-12-6-5-7-14(10-12)18-21-19(28-23-18)17-16(20)13(2)22-25(17)11-15(26)27-9-8-24(3)4/h5-7,10H,8-9,11H2,1-4H3. The Labute approximate surface area is 168 Å². The van der Waals surface area contributed by atoms with Crippen LogP contribution in [0.1, 0.15) is 11.3 Å². The topological polar surface area (TPSA) is 86.3 Å². The van der Waals surface area contributed by atoms with Crippen molar-refractivity contribution in [3.8, 4) is 23.0 Å². The van der Waals surface area contributed by atoms with E-state index in [0.29, 0.717) is 35.4 Å². The van der Waals surface area contributed by atoms with Gasteiger partial charge in [-0.2, -0.15) is 10.1 Å². The fourth-order valence-corrected chi connectivity index (χ4v) is 2.83. The van der Waals surface area contributed by atoms with Gasteiger partial charge in [0.25, 0.3) is 5.89 Å². The third-order valence-electron chi connectivity index (χ3n) is 4.04. The van der Waals surface area contributed by atoms with E-state index in [-0.39, 0.29) is 12.4 Å². The first-order chi connectivity index (χ1) is 13.3. The van der Waals surface area contributed by atoms with E-state index in [4.69, 9.17) is 20.9 Å². The van der Waals surface area contributed by atoms with Crippen LogP contribution in [0, 0.1) is 13.8 Å². The van der Waals surface area contributed by atoms with E-state index in [2.05, 4.69) is 15.2 Å². The van der Waals surface area contributed by atoms with E-state index in [1.54, 1.807) is 6.92 Å². The van der Waals surface area contributed by atoms with Crippen LogP contribution in [0.3, 0.4) is 0 Å². The average Bonchev–Trinajstić information content (AvgIpc) is 3.20. The SMILES string of the molecule is Cc1cccc(-c2noc(-c3c(Cl)c(C)nn3CC(=O)OCCN(C)C)n2)c1. The molecule has 0 unspecified atom stereocenters. The third-order valence-corrected chi connectivity index (χ3v) is 4.49. The molecular formula is C19H22ClN5O3. The van der Waals surface area contributed by atoms with E-state index in [0.717, 1.165) is 11.1 Å². The Morgan fingerprint density at radius 3 is 2.82 bits per heavy atom. The maximum atomic E-state index is 12.2. The molecule has 0 saturated carbocycles. The number of carbonyl (C=O) groups is 1. The summed E-state index contributed by atoms with van der Waals surface area (Å²) in [5, 5.41) is 8.71. The minimum atomic E-state index is -0.416. The van der Waals surface area contributed by atoms with Crippen molar-refractivity contribution in [2.45, 2.75) is 20.4 Å². The van der Waals surface area contributed by atoms with Crippen molar-refractivity contribution in [1.29, 1.82) is 0 Å². The van der Waals surface area contributed by atoms with E-state index in [1.807, 2.05) is 50.2 Å². The van der Waals surface area contributed by atoms with Gasteiger partial charge < -0.3 is 14.2 Å². The Kier molecular flexibility index (Phi) is 6.11. The molecule has 3 rings (SSSR count). The predicted molar refractivity (Wildman–Crippen MR) is 105 cm³/mol. The molecule has 8 nitrogen and oxygen atoms in total. The minimum absolute atomic E-state index is 0.0987. The van der Waals surface area contributed by atoms with Crippen molar-refractivity contribution in [2.24, 2.45) is 0 Å². The van der Waals surface area contributed by atoms with Gasteiger partial charge in [-0.25, -0.2) is 4.68 Å². The van der Waals surface area contributed by atoms with Crippen LogP contribution in [-0.4, -0.2) is 58.0 Å². The first-order valence-corrected chi connectivity index (χ1v) is 9.17. The van der Waals surface area contributed by atoms with Crippen molar-refractivity contribution >= 4 is 17.6 Å².